The molecule has 0 fully saturated rings. The van der Waals surface area contributed by atoms with Gasteiger partial charge in [-0.3, -0.25) is 9.48 Å². The summed E-state index contributed by atoms with van der Waals surface area (Å²) in [6.45, 7) is 2.58. The van der Waals surface area contributed by atoms with Crippen molar-refractivity contribution in [3.8, 4) is 5.75 Å². The van der Waals surface area contributed by atoms with Crippen LogP contribution >= 0.6 is 11.6 Å². The molecule has 162 valence electrons. The van der Waals surface area contributed by atoms with Crippen molar-refractivity contribution in [2.24, 2.45) is 0 Å². The van der Waals surface area contributed by atoms with Crippen LogP contribution in [-0.4, -0.2) is 15.7 Å². The van der Waals surface area contributed by atoms with Crippen molar-refractivity contribution >= 4 is 23.3 Å². The Labute approximate surface area is 190 Å². The molecule has 1 amide bonds. The minimum atomic E-state index is -0.288. The lowest BCUT2D eigenvalue weighted by molar-refractivity contribution is 0.102. The zero-order valence-corrected chi connectivity index (χ0v) is 18.1. The molecule has 0 aliphatic heterocycles. The predicted octanol–water partition coefficient (Wildman–Crippen LogP) is 5.86. The fourth-order valence-corrected chi connectivity index (χ4v) is 3.25. The average molecular weight is 450 g/mol. The van der Waals surface area contributed by atoms with Crippen LogP contribution < -0.4 is 10.1 Å². The number of nitrogens with zero attached hydrogens (tertiary/aromatic N) is 2. The number of aromatic nitrogens is 2. The predicted molar refractivity (Wildman–Crippen MR) is 123 cm³/mol. The molecule has 3 aromatic carbocycles. The van der Waals surface area contributed by atoms with Crippen LogP contribution in [0, 0.1) is 12.7 Å². The Balaban J connectivity index is 1.33. The monoisotopic (exact) mass is 449 g/mol. The van der Waals surface area contributed by atoms with E-state index >= 15 is 0 Å². The smallest absolute Gasteiger partial charge is 0.256 e. The molecule has 5 nitrogen and oxygen atoms in total. The van der Waals surface area contributed by atoms with Gasteiger partial charge in [0.05, 0.1) is 6.54 Å². The number of nitrogens with one attached hydrogen (secondary N) is 1. The molecule has 0 aliphatic carbocycles. The number of ether oxygens (including phenoxy) is 1. The van der Waals surface area contributed by atoms with Crippen LogP contribution in [0.4, 0.5) is 10.2 Å². The molecule has 0 aliphatic rings. The van der Waals surface area contributed by atoms with Crippen LogP contribution in [0.15, 0.2) is 79.0 Å². The summed E-state index contributed by atoms with van der Waals surface area (Å²) in [6, 6.07) is 20.9. The SMILES string of the molecule is Cc1cc(OCc2ccc(C(=O)Nc3ccn(Cc4ccccc4F)n3)cc2)ccc1Cl. The highest BCUT2D eigenvalue weighted by Gasteiger charge is 2.09. The number of hydrogen-bond acceptors (Lipinski definition) is 3. The summed E-state index contributed by atoms with van der Waals surface area (Å²) in [7, 11) is 0. The van der Waals surface area contributed by atoms with E-state index in [-0.39, 0.29) is 18.3 Å². The highest BCUT2D eigenvalue weighted by molar-refractivity contribution is 6.31. The van der Waals surface area contributed by atoms with E-state index in [1.165, 1.54) is 6.07 Å². The number of anilines is 1. The second-order valence-corrected chi connectivity index (χ2v) is 7.75. The number of aryl methyl sites for hydroxylation is 1. The molecule has 32 heavy (non-hydrogen) atoms. The average Bonchev–Trinajstić information content (AvgIpc) is 3.23. The van der Waals surface area contributed by atoms with E-state index in [4.69, 9.17) is 16.3 Å². The van der Waals surface area contributed by atoms with Gasteiger partial charge in [0.1, 0.15) is 18.2 Å². The summed E-state index contributed by atoms with van der Waals surface area (Å²) in [4.78, 5) is 12.5. The quantitative estimate of drug-likeness (QED) is 0.384. The largest absolute Gasteiger partial charge is 0.489 e. The molecule has 0 spiro atoms. The molecule has 1 N–H and O–H groups in total. The van der Waals surface area contributed by atoms with E-state index in [2.05, 4.69) is 10.4 Å². The van der Waals surface area contributed by atoms with Gasteiger partial charge in [-0.1, -0.05) is 41.9 Å². The van der Waals surface area contributed by atoms with Crippen LogP contribution in [0.3, 0.4) is 0 Å². The molecule has 0 unspecified atom stereocenters. The summed E-state index contributed by atoms with van der Waals surface area (Å²) < 4.78 is 21.2. The maximum absolute atomic E-state index is 13.8. The van der Waals surface area contributed by atoms with Crippen molar-refractivity contribution in [3.63, 3.8) is 0 Å². The van der Waals surface area contributed by atoms with Gasteiger partial charge in [0.25, 0.3) is 5.91 Å². The summed E-state index contributed by atoms with van der Waals surface area (Å²) in [5.41, 5.74) is 2.91. The second kappa shape index (κ2) is 9.66. The first-order chi connectivity index (χ1) is 15.5. The number of hydrogen-bond donors (Lipinski definition) is 1. The standard InChI is InChI=1S/C25H21ClFN3O2/c1-17-14-21(10-11-22(17)26)32-16-18-6-8-19(9-7-18)25(31)28-24-12-13-30(29-24)15-20-4-2-3-5-23(20)27/h2-14H,15-16H2,1H3,(H,28,29,31). The number of halogens is 2. The van der Waals surface area contributed by atoms with Gasteiger partial charge in [-0.25, -0.2) is 4.39 Å². The van der Waals surface area contributed by atoms with Crippen LogP contribution in [0.1, 0.15) is 27.0 Å². The first-order valence-corrected chi connectivity index (χ1v) is 10.4. The highest BCUT2D eigenvalue weighted by atomic mass is 35.5. The topological polar surface area (TPSA) is 56.1 Å². The lowest BCUT2D eigenvalue weighted by Crippen LogP contribution is -2.13. The van der Waals surface area contributed by atoms with E-state index in [1.54, 1.807) is 53.3 Å². The lowest BCUT2D eigenvalue weighted by atomic mass is 10.1. The van der Waals surface area contributed by atoms with Crippen LogP contribution in [0.2, 0.25) is 5.02 Å². The van der Waals surface area contributed by atoms with Crippen molar-refractivity contribution in [2.45, 2.75) is 20.1 Å². The molecule has 1 heterocycles. The maximum atomic E-state index is 13.8. The lowest BCUT2D eigenvalue weighted by Gasteiger charge is -2.09. The molecule has 0 atom stereocenters. The van der Waals surface area contributed by atoms with E-state index in [0.29, 0.717) is 28.6 Å². The Kier molecular flexibility index (Phi) is 6.52. The number of benzene rings is 3. The van der Waals surface area contributed by atoms with E-state index in [9.17, 15) is 9.18 Å². The third-order valence-electron chi connectivity index (χ3n) is 4.92. The van der Waals surface area contributed by atoms with Gasteiger partial charge in [0.2, 0.25) is 0 Å². The molecule has 0 saturated carbocycles. The van der Waals surface area contributed by atoms with Crippen molar-refractivity contribution in [1.82, 2.24) is 9.78 Å². The van der Waals surface area contributed by atoms with E-state index in [0.717, 1.165) is 16.9 Å². The van der Waals surface area contributed by atoms with Gasteiger partial charge < -0.3 is 10.1 Å². The molecule has 0 bridgehead atoms. The van der Waals surface area contributed by atoms with Crippen LogP contribution in [0.5, 0.6) is 5.75 Å². The first-order valence-electron chi connectivity index (χ1n) is 10.0. The Bertz CT molecular complexity index is 1240. The van der Waals surface area contributed by atoms with Crippen LogP contribution in [-0.2, 0) is 13.2 Å². The fourth-order valence-electron chi connectivity index (χ4n) is 3.13. The van der Waals surface area contributed by atoms with Gasteiger partial charge in [-0.15, -0.1) is 0 Å². The number of carbonyl (C=O) groups excluding carboxylic acids is 1. The second-order valence-electron chi connectivity index (χ2n) is 7.34. The van der Waals surface area contributed by atoms with Crippen molar-refractivity contribution in [3.05, 3.63) is 112 Å². The van der Waals surface area contributed by atoms with Gasteiger partial charge in [0.15, 0.2) is 5.82 Å². The van der Waals surface area contributed by atoms with Gasteiger partial charge in [-0.2, -0.15) is 5.10 Å². The Hall–Kier alpha value is -3.64. The molecule has 4 rings (SSSR count). The summed E-state index contributed by atoms with van der Waals surface area (Å²) in [5, 5.41) is 7.75. The number of amides is 1. The molecule has 7 heteroatoms. The molecule has 4 aromatic rings. The van der Waals surface area contributed by atoms with E-state index in [1.807, 2.05) is 31.2 Å². The summed E-state index contributed by atoms with van der Waals surface area (Å²) in [6.07, 6.45) is 1.70. The zero-order chi connectivity index (χ0) is 22.5. The maximum Gasteiger partial charge on any atom is 0.256 e. The molecular weight excluding hydrogens is 429 g/mol. The minimum absolute atomic E-state index is 0.276. The number of carbonyl (C=O) groups is 1. The third-order valence-corrected chi connectivity index (χ3v) is 5.35. The van der Waals surface area contributed by atoms with E-state index < -0.39 is 0 Å². The Morgan fingerprint density at radius 2 is 1.88 bits per heavy atom. The van der Waals surface area contributed by atoms with Gasteiger partial charge in [0, 0.05) is 28.4 Å². The highest BCUT2D eigenvalue weighted by Crippen LogP contribution is 2.22. The third kappa shape index (κ3) is 5.34. The molecule has 0 saturated heterocycles. The normalized spacial score (nSPS) is 10.7. The van der Waals surface area contributed by atoms with Crippen molar-refractivity contribution in [2.75, 3.05) is 5.32 Å². The van der Waals surface area contributed by atoms with Gasteiger partial charge in [-0.05, 0) is 54.4 Å². The summed E-state index contributed by atoms with van der Waals surface area (Å²) in [5.74, 6) is 0.572. The Morgan fingerprint density at radius 3 is 2.62 bits per heavy atom. The van der Waals surface area contributed by atoms with Crippen molar-refractivity contribution in [1.29, 1.82) is 0 Å². The Morgan fingerprint density at radius 1 is 1.09 bits per heavy atom. The van der Waals surface area contributed by atoms with Gasteiger partial charge >= 0.3 is 0 Å². The fraction of sp³-hybridized carbons (Fsp3) is 0.120. The molecule has 1 aromatic heterocycles. The van der Waals surface area contributed by atoms with Crippen molar-refractivity contribution < 1.29 is 13.9 Å². The molecular formula is C25H21ClFN3O2. The minimum Gasteiger partial charge on any atom is -0.489 e. The molecule has 0 radical (unpaired) electrons. The summed E-state index contributed by atoms with van der Waals surface area (Å²) >= 11 is 6.03. The zero-order valence-electron chi connectivity index (χ0n) is 17.4. The van der Waals surface area contributed by atoms with Crippen LogP contribution in [0.25, 0.3) is 0 Å². The first kappa shape index (κ1) is 21.6. The number of rotatable bonds is 7.